The first kappa shape index (κ1) is 24.4. The van der Waals surface area contributed by atoms with E-state index in [-0.39, 0.29) is 11.7 Å². The quantitative estimate of drug-likeness (QED) is 0.316. The van der Waals surface area contributed by atoms with E-state index in [2.05, 4.69) is 15.3 Å². The van der Waals surface area contributed by atoms with Crippen molar-refractivity contribution in [1.29, 1.82) is 0 Å². The minimum atomic E-state index is -1.08. The van der Waals surface area contributed by atoms with Crippen molar-refractivity contribution in [3.05, 3.63) is 76.4 Å². The fraction of sp³-hybridized carbons (Fsp3) is 0.286. The number of carbonyl (C=O) groups excluding carboxylic acids is 1. The number of pyridine rings is 1. The van der Waals surface area contributed by atoms with Crippen LogP contribution in [0.1, 0.15) is 53.6 Å². The van der Waals surface area contributed by atoms with E-state index >= 15 is 0 Å². The molecule has 1 amide bonds. The number of amides is 1. The maximum atomic E-state index is 13.9. The Morgan fingerprint density at radius 3 is 2.40 bits per heavy atom. The lowest BCUT2D eigenvalue weighted by Gasteiger charge is -2.22. The van der Waals surface area contributed by atoms with E-state index in [9.17, 15) is 14.3 Å². The van der Waals surface area contributed by atoms with Gasteiger partial charge in [0.1, 0.15) is 28.7 Å². The van der Waals surface area contributed by atoms with Gasteiger partial charge in [-0.05, 0) is 100 Å². The van der Waals surface area contributed by atoms with Crippen molar-refractivity contribution >= 4 is 16.9 Å². The summed E-state index contributed by atoms with van der Waals surface area (Å²) in [4.78, 5) is 20.2. The predicted octanol–water partition coefficient (Wildman–Crippen LogP) is 6.06. The summed E-state index contributed by atoms with van der Waals surface area (Å²) in [6, 6.07) is 12.1. The molecule has 182 valence electrons. The molecule has 35 heavy (non-hydrogen) atoms. The zero-order valence-electron chi connectivity index (χ0n) is 20.8. The number of nitrogens with one attached hydrogen (secondary N) is 2. The number of hydrogen-bond acceptors (Lipinski definition) is 4. The molecule has 4 aromatic rings. The van der Waals surface area contributed by atoms with Crippen LogP contribution in [0.25, 0.3) is 22.2 Å². The van der Waals surface area contributed by atoms with Crippen molar-refractivity contribution in [3.63, 3.8) is 0 Å². The first-order valence-electron chi connectivity index (χ1n) is 11.6. The highest BCUT2D eigenvalue weighted by Crippen LogP contribution is 2.41. The SMILES string of the molecule is CCNC(=O)c1cc2c(-c3cc(C(C)(C)O)ccc3Oc3c(C)cc(F)cc3C)cc(C)nc2[nH]1. The first-order chi connectivity index (χ1) is 16.5. The van der Waals surface area contributed by atoms with Crippen LogP contribution in [0.15, 0.2) is 42.5 Å². The molecule has 0 spiro atoms. The van der Waals surface area contributed by atoms with Gasteiger partial charge in [0.15, 0.2) is 0 Å². The number of rotatable bonds is 6. The van der Waals surface area contributed by atoms with Crippen molar-refractivity contribution in [2.45, 2.75) is 47.1 Å². The molecule has 0 aliphatic heterocycles. The van der Waals surface area contributed by atoms with Crippen LogP contribution in [0, 0.1) is 26.6 Å². The smallest absolute Gasteiger partial charge is 0.267 e. The minimum absolute atomic E-state index is 0.214. The summed E-state index contributed by atoms with van der Waals surface area (Å²) in [7, 11) is 0. The third kappa shape index (κ3) is 4.91. The lowest BCUT2D eigenvalue weighted by molar-refractivity contribution is 0.0786. The summed E-state index contributed by atoms with van der Waals surface area (Å²) < 4.78 is 20.3. The molecule has 0 saturated heterocycles. The Balaban J connectivity index is 1.95. The zero-order valence-corrected chi connectivity index (χ0v) is 20.8. The fourth-order valence-corrected chi connectivity index (χ4v) is 4.21. The Bertz CT molecular complexity index is 1410. The molecular weight excluding hydrogens is 445 g/mol. The third-order valence-corrected chi connectivity index (χ3v) is 5.92. The fourth-order valence-electron chi connectivity index (χ4n) is 4.21. The van der Waals surface area contributed by atoms with Gasteiger partial charge in [-0.1, -0.05) is 6.07 Å². The van der Waals surface area contributed by atoms with Gasteiger partial charge < -0.3 is 20.1 Å². The van der Waals surface area contributed by atoms with Crippen LogP contribution in [0.4, 0.5) is 4.39 Å². The molecule has 3 N–H and O–H groups in total. The number of aromatic nitrogens is 2. The summed E-state index contributed by atoms with van der Waals surface area (Å²) in [6.07, 6.45) is 0. The molecule has 0 bridgehead atoms. The molecule has 0 radical (unpaired) electrons. The number of aliphatic hydroxyl groups is 1. The van der Waals surface area contributed by atoms with Gasteiger partial charge in [-0.3, -0.25) is 4.79 Å². The van der Waals surface area contributed by atoms with E-state index in [0.29, 0.717) is 46.1 Å². The maximum Gasteiger partial charge on any atom is 0.267 e. The molecule has 0 saturated carbocycles. The van der Waals surface area contributed by atoms with Crippen LogP contribution in [0.3, 0.4) is 0 Å². The van der Waals surface area contributed by atoms with E-state index in [1.807, 2.05) is 38.1 Å². The van der Waals surface area contributed by atoms with Gasteiger partial charge in [0, 0.05) is 23.2 Å². The Kier molecular flexibility index (Phi) is 6.38. The molecule has 4 rings (SSSR count). The van der Waals surface area contributed by atoms with E-state index < -0.39 is 5.60 Å². The van der Waals surface area contributed by atoms with Gasteiger partial charge >= 0.3 is 0 Å². The second kappa shape index (κ2) is 9.15. The zero-order chi connectivity index (χ0) is 25.5. The second-order valence-corrected chi connectivity index (χ2v) is 9.36. The Labute approximate surface area is 204 Å². The highest BCUT2D eigenvalue weighted by atomic mass is 19.1. The largest absolute Gasteiger partial charge is 0.456 e. The van der Waals surface area contributed by atoms with E-state index in [1.165, 1.54) is 12.1 Å². The highest BCUT2D eigenvalue weighted by molar-refractivity contribution is 6.02. The monoisotopic (exact) mass is 475 g/mol. The molecule has 2 aromatic carbocycles. The number of fused-ring (bicyclic) bond motifs is 1. The van der Waals surface area contributed by atoms with Crippen molar-refractivity contribution in [2.24, 2.45) is 0 Å². The van der Waals surface area contributed by atoms with Crippen molar-refractivity contribution < 1.29 is 19.0 Å². The van der Waals surface area contributed by atoms with Gasteiger partial charge in [-0.25, -0.2) is 9.37 Å². The molecule has 0 aliphatic rings. The number of halogens is 1. The molecule has 0 unspecified atom stereocenters. The number of benzene rings is 2. The van der Waals surface area contributed by atoms with Gasteiger partial charge in [-0.2, -0.15) is 0 Å². The minimum Gasteiger partial charge on any atom is -0.456 e. The summed E-state index contributed by atoms with van der Waals surface area (Å²) in [6.45, 7) is 11.3. The first-order valence-corrected chi connectivity index (χ1v) is 11.6. The van der Waals surface area contributed by atoms with Crippen LogP contribution in [0.2, 0.25) is 0 Å². The van der Waals surface area contributed by atoms with Crippen LogP contribution in [0.5, 0.6) is 11.5 Å². The second-order valence-electron chi connectivity index (χ2n) is 9.36. The molecule has 0 atom stereocenters. The van der Waals surface area contributed by atoms with Gasteiger partial charge in [0.2, 0.25) is 0 Å². The standard InChI is InChI=1S/C28H30FN3O3/c1-7-30-27(33)23-14-22-20(12-17(4)31-26(22)32-23)21-13-18(28(5,6)34)8-9-24(21)35-25-15(2)10-19(29)11-16(25)3/h8-14,34H,7H2,1-6H3,(H,30,33)(H,31,32). The summed E-state index contributed by atoms with van der Waals surface area (Å²) in [5.41, 5.74) is 4.25. The number of carbonyl (C=O) groups is 1. The average Bonchev–Trinajstić information content (AvgIpc) is 3.19. The molecule has 2 aromatic heterocycles. The molecular formula is C28H30FN3O3. The lowest BCUT2D eigenvalue weighted by atomic mass is 9.92. The predicted molar refractivity (Wildman–Crippen MR) is 135 cm³/mol. The van der Waals surface area contributed by atoms with E-state index in [4.69, 9.17) is 4.74 Å². The number of nitrogens with zero attached hydrogens (tertiary/aromatic N) is 1. The molecule has 7 heteroatoms. The number of H-pyrrole nitrogens is 1. The Morgan fingerprint density at radius 2 is 1.77 bits per heavy atom. The Morgan fingerprint density at radius 1 is 1.09 bits per heavy atom. The van der Waals surface area contributed by atoms with Gasteiger partial charge in [0.05, 0.1) is 5.60 Å². The number of aryl methyl sites for hydroxylation is 3. The topological polar surface area (TPSA) is 87.2 Å². The molecule has 6 nitrogen and oxygen atoms in total. The van der Waals surface area contributed by atoms with Crippen molar-refractivity contribution in [2.75, 3.05) is 6.54 Å². The van der Waals surface area contributed by atoms with Crippen LogP contribution < -0.4 is 10.1 Å². The maximum absolute atomic E-state index is 13.9. The van der Waals surface area contributed by atoms with Crippen LogP contribution >= 0.6 is 0 Å². The number of ether oxygens (including phenoxy) is 1. The average molecular weight is 476 g/mol. The molecule has 0 aliphatic carbocycles. The summed E-state index contributed by atoms with van der Waals surface area (Å²) in [5, 5.41) is 14.3. The summed E-state index contributed by atoms with van der Waals surface area (Å²) >= 11 is 0. The van der Waals surface area contributed by atoms with Crippen LogP contribution in [-0.4, -0.2) is 27.5 Å². The number of hydrogen-bond donors (Lipinski definition) is 3. The lowest BCUT2D eigenvalue weighted by Crippen LogP contribution is -2.22. The molecule has 0 fully saturated rings. The molecule has 2 heterocycles. The summed E-state index contributed by atoms with van der Waals surface area (Å²) in [5.74, 6) is 0.584. The highest BCUT2D eigenvalue weighted by Gasteiger charge is 2.22. The third-order valence-electron chi connectivity index (χ3n) is 5.92. The van der Waals surface area contributed by atoms with E-state index in [1.54, 1.807) is 33.8 Å². The normalized spacial score (nSPS) is 11.7. The van der Waals surface area contributed by atoms with Gasteiger partial charge in [0.25, 0.3) is 5.91 Å². The number of aromatic amines is 1. The van der Waals surface area contributed by atoms with Crippen molar-refractivity contribution in [3.8, 4) is 22.6 Å². The van der Waals surface area contributed by atoms with Crippen molar-refractivity contribution in [1.82, 2.24) is 15.3 Å². The Hall–Kier alpha value is -3.71. The van der Waals surface area contributed by atoms with Gasteiger partial charge in [-0.15, -0.1) is 0 Å². The van der Waals surface area contributed by atoms with E-state index in [0.717, 1.165) is 22.2 Å². The van der Waals surface area contributed by atoms with Crippen LogP contribution in [-0.2, 0) is 5.60 Å².